The van der Waals surface area contributed by atoms with Crippen LogP contribution in [0.3, 0.4) is 0 Å². The number of sulfonamides is 1. The fourth-order valence-corrected chi connectivity index (χ4v) is 2.85. The Morgan fingerprint density at radius 1 is 1.37 bits per heavy atom. The van der Waals surface area contributed by atoms with Gasteiger partial charge in [-0.25, -0.2) is 13.1 Å². The molecule has 0 saturated heterocycles. The van der Waals surface area contributed by atoms with Gasteiger partial charge in [0.15, 0.2) is 0 Å². The largest absolute Gasteiger partial charge is 0.325 e. The van der Waals surface area contributed by atoms with E-state index < -0.39 is 10.0 Å². The number of hydrogen-bond donors (Lipinski definition) is 2. The quantitative estimate of drug-likeness (QED) is 0.876. The molecule has 0 unspecified atom stereocenters. The van der Waals surface area contributed by atoms with E-state index in [1.807, 2.05) is 13.8 Å². The van der Waals surface area contributed by atoms with Crippen LogP contribution in [-0.4, -0.2) is 20.9 Å². The summed E-state index contributed by atoms with van der Waals surface area (Å²) in [5, 5.41) is 2.70. The van der Waals surface area contributed by atoms with E-state index in [-0.39, 0.29) is 21.7 Å². The molecule has 0 aliphatic heterocycles. The number of halogens is 1. The summed E-state index contributed by atoms with van der Waals surface area (Å²) in [7, 11) is -3.57. The first kappa shape index (κ1) is 15.9. The molecule has 0 bridgehead atoms. The Bertz CT molecular complexity index is 570. The van der Waals surface area contributed by atoms with Crippen LogP contribution in [-0.2, 0) is 14.8 Å². The number of carbonyl (C=O) groups is 1. The summed E-state index contributed by atoms with van der Waals surface area (Å²) < 4.78 is 26.4. The predicted octanol–water partition coefficient (Wildman–Crippen LogP) is 2.23. The zero-order valence-electron chi connectivity index (χ0n) is 11.0. The lowest BCUT2D eigenvalue weighted by atomic mass is 10.2. The Morgan fingerprint density at radius 2 is 2.00 bits per heavy atom. The van der Waals surface area contributed by atoms with Crippen molar-refractivity contribution < 1.29 is 13.2 Å². The molecule has 106 valence electrons. The second kappa shape index (κ2) is 6.36. The van der Waals surface area contributed by atoms with Gasteiger partial charge in [-0.05, 0) is 24.1 Å². The summed E-state index contributed by atoms with van der Waals surface area (Å²) in [4.78, 5) is 11.0. The highest BCUT2D eigenvalue weighted by Gasteiger charge is 2.16. The van der Waals surface area contributed by atoms with Crippen molar-refractivity contribution in [2.45, 2.75) is 25.7 Å². The first-order chi connectivity index (χ1) is 8.72. The summed E-state index contributed by atoms with van der Waals surface area (Å²) in [5.41, 5.74) is 0.386. The monoisotopic (exact) mass is 304 g/mol. The van der Waals surface area contributed by atoms with Crippen molar-refractivity contribution in [2.75, 3.05) is 11.9 Å². The highest BCUT2D eigenvalue weighted by atomic mass is 35.5. The molecule has 0 aromatic heterocycles. The molecule has 0 heterocycles. The van der Waals surface area contributed by atoms with Gasteiger partial charge in [0.25, 0.3) is 0 Å². The second-order valence-electron chi connectivity index (χ2n) is 4.57. The SMILES string of the molecule is CC(=O)Nc1ccc(S(=O)(=O)NCC(C)C)cc1Cl. The average Bonchev–Trinajstić information content (AvgIpc) is 2.28. The number of amides is 1. The van der Waals surface area contributed by atoms with Crippen LogP contribution in [0.5, 0.6) is 0 Å². The van der Waals surface area contributed by atoms with Gasteiger partial charge in [-0.15, -0.1) is 0 Å². The highest BCUT2D eigenvalue weighted by molar-refractivity contribution is 7.89. The van der Waals surface area contributed by atoms with E-state index in [1.54, 1.807) is 0 Å². The van der Waals surface area contributed by atoms with Crippen molar-refractivity contribution in [3.05, 3.63) is 23.2 Å². The van der Waals surface area contributed by atoms with Crippen LogP contribution in [0.4, 0.5) is 5.69 Å². The molecule has 2 N–H and O–H groups in total. The Labute approximate surface area is 118 Å². The van der Waals surface area contributed by atoms with E-state index in [1.165, 1.54) is 25.1 Å². The first-order valence-electron chi connectivity index (χ1n) is 5.79. The van der Waals surface area contributed by atoms with E-state index in [4.69, 9.17) is 11.6 Å². The van der Waals surface area contributed by atoms with Crippen LogP contribution in [0.15, 0.2) is 23.1 Å². The van der Waals surface area contributed by atoms with Crippen LogP contribution >= 0.6 is 11.6 Å². The lowest BCUT2D eigenvalue weighted by molar-refractivity contribution is -0.114. The van der Waals surface area contributed by atoms with Gasteiger partial charge in [0.05, 0.1) is 15.6 Å². The topological polar surface area (TPSA) is 75.3 Å². The van der Waals surface area contributed by atoms with E-state index in [0.29, 0.717) is 12.2 Å². The standard InChI is InChI=1S/C12H17ClN2O3S/c1-8(2)7-14-19(17,18)10-4-5-12(11(13)6-10)15-9(3)16/h4-6,8,14H,7H2,1-3H3,(H,15,16). The molecule has 7 heteroatoms. The molecule has 0 radical (unpaired) electrons. The van der Waals surface area contributed by atoms with Crippen molar-refractivity contribution in [2.24, 2.45) is 5.92 Å². The third-order valence-corrected chi connectivity index (χ3v) is 3.98. The van der Waals surface area contributed by atoms with Crippen molar-refractivity contribution in [3.8, 4) is 0 Å². The Kier molecular flexibility index (Phi) is 5.34. The maximum absolute atomic E-state index is 12.0. The van der Waals surface area contributed by atoms with Crippen LogP contribution in [0.1, 0.15) is 20.8 Å². The van der Waals surface area contributed by atoms with E-state index in [0.717, 1.165) is 0 Å². The Balaban J connectivity index is 2.97. The van der Waals surface area contributed by atoms with Crippen LogP contribution in [0.25, 0.3) is 0 Å². The molecule has 0 saturated carbocycles. The molecule has 0 atom stereocenters. The lowest BCUT2D eigenvalue weighted by Crippen LogP contribution is -2.27. The van der Waals surface area contributed by atoms with Crippen LogP contribution in [0, 0.1) is 5.92 Å². The number of hydrogen-bond acceptors (Lipinski definition) is 3. The number of nitrogens with one attached hydrogen (secondary N) is 2. The minimum Gasteiger partial charge on any atom is -0.325 e. The predicted molar refractivity (Wildman–Crippen MR) is 75.8 cm³/mol. The molecule has 1 rings (SSSR count). The zero-order chi connectivity index (χ0) is 14.6. The molecule has 1 aromatic rings. The van der Waals surface area contributed by atoms with Gasteiger partial charge in [-0.1, -0.05) is 25.4 Å². The summed E-state index contributed by atoms with van der Waals surface area (Å²) >= 11 is 5.94. The summed E-state index contributed by atoms with van der Waals surface area (Å²) in [5.74, 6) is -0.0562. The lowest BCUT2D eigenvalue weighted by Gasteiger charge is -2.10. The number of anilines is 1. The normalized spacial score (nSPS) is 11.6. The molecule has 1 amide bonds. The van der Waals surface area contributed by atoms with Gasteiger partial charge in [0.1, 0.15) is 0 Å². The van der Waals surface area contributed by atoms with E-state index in [9.17, 15) is 13.2 Å². The van der Waals surface area contributed by atoms with Crippen molar-refractivity contribution in [1.29, 1.82) is 0 Å². The summed E-state index contributed by atoms with van der Waals surface area (Å²) in [6.07, 6.45) is 0. The zero-order valence-corrected chi connectivity index (χ0v) is 12.6. The number of benzene rings is 1. The fourth-order valence-electron chi connectivity index (χ4n) is 1.31. The van der Waals surface area contributed by atoms with E-state index in [2.05, 4.69) is 10.0 Å². The third-order valence-electron chi connectivity index (χ3n) is 2.24. The molecule has 5 nitrogen and oxygen atoms in total. The van der Waals surface area contributed by atoms with Crippen molar-refractivity contribution in [1.82, 2.24) is 4.72 Å². The molecule has 19 heavy (non-hydrogen) atoms. The van der Waals surface area contributed by atoms with Gasteiger partial charge in [0, 0.05) is 13.5 Å². The second-order valence-corrected chi connectivity index (χ2v) is 6.74. The molecular formula is C12H17ClN2O3S. The molecule has 0 spiro atoms. The molecule has 0 fully saturated rings. The maximum atomic E-state index is 12.0. The van der Waals surface area contributed by atoms with Gasteiger partial charge in [-0.2, -0.15) is 0 Å². The minimum absolute atomic E-state index is 0.0762. The van der Waals surface area contributed by atoms with Crippen molar-refractivity contribution in [3.63, 3.8) is 0 Å². The Hall–Kier alpha value is -1.11. The van der Waals surface area contributed by atoms with E-state index >= 15 is 0 Å². The van der Waals surface area contributed by atoms with Crippen LogP contribution in [0.2, 0.25) is 5.02 Å². The average molecular weight is 305 g/mol. The van der Waals surface area contributed by atoms with Gasteiger partial charge >= 0.3 is 0 Å². The van der Waals surface area contributed by atoms with Crippen LogP contribution < -0.4 is 10.0 Å². The molecule has 0 aliphatic rings. The van der Waals surface area contributed by atoms with Gasteiger partial charge < -0.3 is 5.32 Å². The minimum atomic E-state index is -3.57. The summed E-state index contributed by atoms with van der Waals surface area (Å²) in [6.45, 7) is 5.53. The third kappa shape index (κ3) is 4.81. The maximum Gasteiger partial charge on any atom is 0.240 e. The summed E-state index contributed by atoms with van der Waals surface area (Å²) in [6, 6.07) is 4.18. The van der Waals surface area contributed by atoms with Gasteiger partial charge in [-0.3, -0.25) is 4.79 Å². The molecule has 0 aliphatic carbocycles. The fraction of sp³-hybridized carbons (Fsp3) is 0.417. The molecular weight excluding hydrogens is 288 g/mol. The highest BCUT2D eigenvalue weighted by Crippen LogP contribution is 2.25. The first-order valence-corrected chi connectivity index (χ1v) is 7.65. The Morgan fingerprint density at radius 3 is 2.47 bits per heavy atom. The molecule has 1 aromatic carbocycles. The number of carbonyl (C=O) groups excluding carboxylic acids is 1. The smallest absolute Gasteiger partial charge is 0.240 e. The van der Waals surface area contributed by atoms with Crippen molar-refractivity contribution >= 4 is 33.2 Å². The van der Waals surface area contributed by atoms with Gasteiger partial charge in [0.2, 0.25) is 15.9 Å². The number of rotatable bonds is 5.